The molecule has 0 amide bonds. The lowest BCUT2D eigenvalue weighted by molar-refractivity contribution is 0.711. The summed E-state index contributed by atoms with van der Waals surface area (Å²) in [6.07, 6.45) is 1.83. The molecule has 0 saturated heterocycles. The molecule has 0 atom stereocenters. The monoisotopic (exact) mass is 261 g/mol. The summed E-state index contributed by atoms with van der Waals surface area (Å²) in [5.41, 5.74) is 2.08. The molecule has 3 heteroatoms. The van der Waals surface area contributed by atoms with Gasteiger partial charge >= 0.3 is 0 Å². The molecule has 0 saturated carbocycles. The second kappa shape index (κ2) is 5.53. The van der Waals surface area contributed by atoms with Gasteiger partial charge in [-0.2, -0.15) is 5.10 Å². The molecule has 0 radical (unpaired) electrons. The van der Waals surface area contributed by atoms with Gasteiger partial charge in [-0.05, 0) is 0 Å². The molecule has 1 aromatic heterocycles. The molecule has 3 rings (SSSR count). The van der Waals surface area contributed by atoms with Crippen LogP contribution in [0, 0.1) is 0 Å². The van der Waals surface area contributed by atoms with Crippen LogP contribution in [0.25, 0.3) is 22.8 Å². The summed E-state index contributed by atoms with van der Waals surface area (Å²) in [4.78, 5) is 4.67. The van der Waals surface area contributed by atoms with Gasteiger partial charge in [-0.1, -0.05) is 66.7 Å². The Bertz CT molecular complexity index is 700. The molecule has 0 fully saturated rings. The van der Waals surface area contributed by atoms with E-state index in [2.05, 4.69) is 16.7 Å². The first-order valence-electron chi connectivity index (χ1n) is 6.55. The zero-order chi connectivity index (χ0) is 13.8. The van der Waals surface area contributed by atoms with Crippen molar-refractivity contribution in [1.82, 2.24) is 14.8 Å². The summed E-state index contributed by atoms with van der Waals surface area (Å²) in [6, 6.07) is 20.1. The predicted molar refractivity (Wildman–Crippen MR) is 81.1 cm³/mol. The molecular weight excluding hydrogens is 246 g/mol. The van der Waals surface area contributed by atoms with Crippen molar-refractivity contribution in [3.8, 4) is 22.8 Å². The van der Waals surface area contributed by atoms with E-state index < -0.39 is 0 Å². The van der Waals surface area contributed by atoms with Crippen molar-refractivity contribution in [2.45, 2.75) is 6.54 Å². The SMILES string of the molecule is C=CCn1nc(-c2ccccc2)nc1-c1ccccc1. The van der Waals surface area contributed by atoms with Crippen LogP contribution < -0.4 is 0 Å². The Labute approximate surface area is 118 Å². The van der Waals surface area contributed by atoms with Crippen LogP contribution in [0.3, 0.4) is 0 Å². The number of allylic oxidation sites excluding steroid dienone is 1. The van der Waals surface area contributed by atoms with Gasteiger partial charge in [0.15, 0.2) is 11.6 Å². The van der Waals surface area contributed by atoms with Gasteiger partial charge in [-0.3, -0.25) is 0 Å². The van der Waals surface area contributed by atoms with E-state index in [9.17, 15) is 0 Å². The van der Waals surface area contributed by atoms with Gasteiger partial charge in [0, 0.05) is 11.1 Å². The highest BCUT2D eigenvalue weighted by atomic mass is 15.3. The quantitative estimate of drug-likeness (QED) is 0.669. The molecule has 0 aliphatic rings. The number of hydrogen-bond donors (Lipinski definition) is 0. The van der Waals surface area contributed by atoms with Gasteiger partial charge in [-0.15, -0.1) is 6.58 Å². The number of rotatable bonds is 4. The average molecular weight is 261 g/mol. The van der Waals surface area contributed by atoms with E-state index >= 15 is 0 Å². The Morgan fingerprint density at radius 2 is 1.50 bits per heavy atom. The molecule has 1 heterocycles. The molecule has 0 unspecified atom stereocenters. The van der Waals surface area contributed by atoms with Gasteiger partial charge in [0.2, 0.25) is 0 Å². The van der Waals surface area contributed by atoms with Crippen LogP contribution in [0.15, 0.2) is 73.3 Å². The lowest BCUT2D eigenvalue weighted by atomic mass is 10.2. The van der Waals surface area contributed by atoms with Crippen molar-refractivity contribution in [3.05, 3.63) is 73.3 Å². The van der Waals surface area contributed by atoms with Gasteiger partial charge in [-0.25, -0.2) is 9.67 Å². The van der Waals surface area contributed by atoms with Crippen molar-refractivity contribution in [2.24, 2.45) is 0 Å². The van der Waals surface area contributed by atoms with Gasteiger partial charge in [0.05, 0.1) is 6.54 Å². The van der Waals surface area contributed by atoms with Crippen molar-refractivity contribution >= 4 is 0 Å². The van der Waals surface area contributed by atoms with Crippen LogP contribution in [0.5, 0.6) is 0 Å². The van der Waals surface area contributed by atoms with E-state index in [0.29, 0.717) is 6.54 Å². The van der Waals surface area contributed by atoms with Crippen LogP contribution >= 0.6 is 0 Å². The fourth-order valence-electron chi connectivity index (χ4n) is 2.10. The summed E-state index contributed by atoms with van der Waals surface area (Å²) in [6.45, 7) is 4.43. The summed E-state index contributed by atoms with van der Waals surface area (Å²) >= 11 is 0. The maximum absolute atomic E-state index is 4.67. The third kappa shape index (κ3) is 2.38. The minimum absolute atomic E-state index is 0.643. The average Bonchev–Trinajstić information content (AvgIpc) is 2.94. The van der Waals surface area contributed by atoms with E-state index in [0.717, 1.165) is 22.8 Å². The van der Waals surface area contributed by atoms with E-state index in [1.807, 2.05) is 71.4 Å². The molecular formula is C17H15N3. The number of nitrogens with zero attached hydrogens (tertiary/aromatic N) is 3. The summed E-state index contributed by atoms with van der Waals surface area (Å²) < 4.78 is 1.88. The number of hydrogen-bond acceptors (Lipinski definition) is 2. The van der Waals surface area contributed by atoms with Crippen LogP contribution in [-0.2, 0) is 6.54 Å². The minimum atomic E-state index is 0.643. The predicted octanol–water partition coefficient (Wildman–Crippen LogP) is 3.80. The second-order valence-electron chi connectivity index (χ2n) is 4.46. The smallest absolute Gasteiger partial charge is 0.181 e. The van der Waals surface area contributed by atoms with Crippen molar-refractivity contribution in [2.75, 3.05) is 0 Å². The van der Waals surface area contributed by atoms with E-state index in [1.165, 1.54) is 0 Å². The highest BCUT2D eigenvalue weighted by Gasteiger charge is 2.11. The van der Waals surface area contributed by atoms with E-state index in [1.54, 1.807) is 0 Å². The maximum Gasteiger partial charge on any atom is 0.181 e. The first-order chi connectivity index (χ1) is 9.88. The fourth-order valence-corrected chi connectivity index (χ4v) is 2.10. The Kier molecular flexibility index (Phi) is 3.42. The van der Waals surface area contributed by atoms with Crippen LogP contribution in [-0.4, -0.2) is 14.8 Å². The zero-order valence-electron chi connectivity index (χ0n) is 11.1. The van der Waals surface area contributed by atoms with Crippen molar-refractivity contribution < 1.29 is 0 Å². The molecule has 2 aromatic carbocycles. The van der Waals surface area contributed by atoms with Crippen LogP contribution in [0.1, 0.15) is 0 Å². The standard InChI is InChI=1S/C17H15N3/c1-2-13-20-17(15-11-7-4-8-12-15)18-16(19-20)14-9-5-3-6-10-14/h2-12H,1,13H2. The normalized spacial score (nSPS) is 10.4. The zero-order valence-corrected chi connectivity index (χ0v) is 11.1. The summed E-state index contributed by atoms with van der Waals surface area (Å²) in [5.74, 6) is 1.61. The lowest BCUT2D eigenvalue weighted by Crippen LogP contribution is -2.00. The molecule has 0 spiro atoms. The van der Waals surface area contributed by atoms with Gasteiger partial charge in [0.25, 0.3) is 0 Å². The van der Waals surface area contributed by atoms with Crippen LogP contribution in [0.4, 0.5) is 0 Å². The lowest BCUT2D eigenvalue weighted by Gasteiger charge is -2.01. The topological polar surface area (TPSA) is 30.7 Å². The summed E-state index contributed by atoms with van der Waals surface area (Å²) in [5, 5.41) is 4.58. The van der Waals surface area contributed by atoms with Gasteiger partial charge in [0.1, 0.15) is 0 Å². The molecule has 98 valence electrons. The second-order valence-corrected chi connectivity index (χ2v) is 4.46. The third-order valence-corrected chi connectivity index (χ3v) is 3.04. The number of aromatic nitrogens is 3. The molecule has 0 aliphatic heterocycles. The Morgan fingerprint density at radius 1 is 0.900 bits per heavy atom. The Balaban J connectivity index is 2.10. The summed E-state index contributed by atoms with van der Waals surface area (Å²) in [7, 11) is 0. The molecule has 3 nitrogen and oxygen atoms in total. The first-order valence-corrected chi connectivity index (χ1v) is 6.55. The molecule has 0 N–H and O–H groups in total. The highest BCUT2D eigenvalue weighted by molar-refractivity contribution is 5.61. The molecule has 3 aromatic rings. The fraction of sp³-hybridized carbons (Fsp3) is 0.0588. The molecule has 0 bridgehead atoms. The highest BCUT2D eigenvalue weighted by Crippen LogP contribution is 2.22. The largest absolute Gasteiger partial charge is 0.241 e. The van der Waals surface area contributed by atoms with Crippen molar-refractivity contribution in [1.29, 1.82) is 0 Å². The molecule has 20 heavy (non-hydrogen) atoms. The number of benzene rings is 2. The first kappa shape index (κ1) is 12.4. The van der Waals surface area contributed by atoms with Crippen LogP contribution in [0.2, 0.25) is 0 Å². The van der Waals surface area contributed by atoms with E-state index in [4.69, 9.17) is 0 Å². The Hall–Kier alpha value is -2.68. The van der Waals surface area contributed by atoms with Crippen molar-refractivity contribution in [3.63, 3.8) is 0 Å². The third-order valence-electron chi connectivity index (χ3n) is 3.04. The maximum atomic E-state index is 4.67. The van der Waals surface area contributed by atoms with E-state index in [-0.39, 0.29) is 0 Å². The molecule has 0 aliphatic carbocycles. The van der Waals surface area contributed by atoms with Gasteiger partial charge < -0.3 is 0 Å². The Morgan fingerprint density at radius 3 is 2.10 bits per heavy atom. The minimum Gasteiger partial charge on any atom is -0.241 e.